The molecule has 0 radical (unpaired) electrons. The van der Waals surface area contributed by atoms with Gasteiger partial charge in [0.25, 0.3) is 0 Å². The molecule has 0 aliphatic carbocycles. The SMILES string of the molecule is CCCn1cc(Oc2cc(Br)ccc2CO)cn1. The molecule has 0 aliphatic rings. The van der Waals surface area contributed by atoms with E-state index in [9.17, 15) is 5.11 Å². The molecule has 2 aromatic rings. The van der Waals surface area contributed by atoms with E-state index in [2.05, 4.69) is 28.0 Å². The van der Waals surface area contributed by atoms with Crippen LogP contribution in [0.5, 0.6) is 11.5 Å². The third-order valence-corrected chi connectivity index (χ3v) is 2.98. The quantitative estimate of drug-likeness (QED) is 0.921. The average molecular weight is 311 g/mol. The molecule has 0 saturated carbocycles. The lowest BCUT2D eigenvalue weighted by atomic mass is 10.2. The Balaban J connectivity index is 2.19. The van der Waals surface area contributed by atoms with Crippen LogP contribution in [0.1, 0.15) is 18.9 Å². The molecule has 0 atom stereocenters. The third kappa shape index (κ3) is 3.11. The van der Waals surface area contributed by atoms with Gasteiger partial charge in [0, 0.05) is 16.6 Å². The minimum Gasteiger partial charge on any atom is -0.454 e. The largest absolute Gasteiger partial charge is 0.454 e. The lowest BCUT2D eigenvalue weighted by Crippen LogP contribution is -1.95. The predicted octanol–water partition coefficient (Wildman–Crippen LogP) is 3.34. The number of hydrogen-bond acceptors (Lipinski definition) is 3. The van der Waals surface area contributed by atoms with E-state index in [-0.39, 0.29) is 6.61 Å². The topological polar surface area (TPSA) is 47.3 Å². The van der Waals surface area contributed by atoms with Gasteiger partial charge in [-0.25, -0.2) is 0 Å². The predicted molar refractivity (Wildman–Crippen MR) is 72.7 cm³/mol. The molecule has 1 aromatic heterocycles. The Hall–Kier alpha value is -1.33. The van der Waals surface area contributed by atoms with E-state index in [1.54, 1.807) is 6.20 Å². The fourth-order valence-electron chi connectivity index (χ4n) is 1.63. The Bertz CT molecular complexity index is 525. The molecule has 5 heteroatoms. The Labute approximate surface area is 114 Å². The molecule has 0 saturated heterocycles. The number of rotatable bonds is 5. The van der Waals surface area contributed by atoms with E-state index in [1.807, 2.05) is 29.1 Å². The van der Waals surface area contributed by atoms with Crippen LogP contribution in [0.15, 0.2) is 35.1 Å². The van der Waals surface area contributed by atoms with Gasteiger partial charge in [-0.05, 0) is 18.6 Å². The van der Waals surface area contributed by atoms with Crippen LogP contribution in [-0.4, -0.2) is 14.9 Å². The van der Waals surface area contributed by atoms with Gasteiger partial charge in [0.05, 0.1) is 19.0 Å². The van der Waals surface area contributed by atoms with Crippen molar-refractivity contribution in [3.8, 4) is 11.5 Å². The van der Waals surface area contributed by atoms with Gasteiger partial charge in [0.1, 0.15) is 5.75 Å². The van der Waals surface area contributed by atoms with Gasteiger partial charge in [0.15, 0.2) is 5.75 Å². The molecule has 0 fully saturated rings. The van der Waals surface area contributed by atoms with Crippen molar-refractivity contribution in [2.45, 2.75) is 26.5 Å². The van der Waals surface area contributed by atoms with Gasteiger partial charge in [-0.1, -0.05) is 28.9 Å². The average Bonchev–Trinajstić information content (AvgIpc) is 2.77. The molecular formula is C13H15BrN2O2. The maximum Gasteiger partial charge on any atom is 0.165 e. The van der Waals surface area contributed by atoms with E-state index in [1.165, 1.54) is 0 Å². The Kier molecular flexibility index (Phi) is 4.38. The first-order chi connectivity index (χ1) is 8.72. The van der Waals surface area contributed by atoms with Crippen LogP contribution in [0, 0.1) is 0 Å². The summed E-state index contributed by atoms with van der Waals surface area (Å²) in [6.45, 7) is 2.92. The minimum atomic E-state index is -0.0499. The molecule has 96 valence electrons. The van der Waals surface area contributed by atoms with Gasteiger partial charge in [0.2, 0.25) is 0 Å². The summed E-state index contributed by atoms with van der Waals surface area (Å²) < 4.78 is 8.49. The van der Waals surface area contributed by atoms with E-state index in [4.69, 9.17) is 4.74 Å². The highest BCUT2D eigenvalue weighted by Gasteiger charge is 2.07. The van der Waals surface area contributed by atoms with Crippen molar-refractivity contribution >= 4 is 15.9 Å². The minimum absolute atomic E-state index is 0.0499. The number of aryl methyl sites for hydroxylation is 1. The summed E-state index contributed by atoms with van der Waals surface area (Å²) in [4.78, 5) is 0. The van der Waals surface area contributed by atoms with E-state index >= 15 is 0 Å². The Morgan fingerprint density at radius 1 is 1.44 bits per heavy atom. The fourth-order valence-corrected chi connectivity index (χ4v) is 1.97. The van der Waals surface area contributed by atoms with Crippen molar-refractivity contribution in [3.63, 3.8) is 0 Å². The molecule has 2 rings (SSSR count). The highest BCUT2D eigenvalue weighted by atomic mass is 79.9. The van der Waals surface area contributed by atoms with E-state index in [0.29, 0.717) is 11.5 Å². The lowest BCUT2D eigenvalue weighted by Gasteiger charge is -2.08. The standard InChI is InChI=1S/C13H15BrN2O2/c1-2-5-16-8-12(7-15-16)18-13-6-11(14)4-3-10(13)9-17/h3-4,6-8,17H,2,5,9H2,1H3. The van der Waals surface area contributed by atoms with Crippen molar-refractivity contribution in [3.05, 3.63) is 40.6 Å². The van der Waals surface area contributed by atoms with Gasteiger partial charge >= 0.3 is 0 Å². The molecule has 0 bridgehead atoms. The molecule has 0 unspecified atom stereocenters. The number of halogens is 1. The van der Waals surface area contributed by atoms with Crippen molar-refractivity contribution < 1.29 is 9.84 Å². The summed E-state index contributed by atoms with van der Waals surface area (Å²) in [6.07, 6.45) is 4.56. The molecule has 1 aromatic carbocycles. The van der Waals surface area contributed by atoms with Crippen LogP contribution in [-0.2, 0) is 13.2 Å². The summed E-state index contributed by atoms with van der Waals surface area (Å²) in [5.74, 6) is 1.32. The number of aromatic nitrogens is 2. The van der Waals surface area contributed by atoms with E-state index < -0.39 is 0 Å². The first-order valence-electron chi connectivity index (χ1n) is 5.82. The molecule has 1 N–H and O–H groups in total. The summed E-state index contributed by atoms with van der Waals surface area (Å²) in [5, 5.41) is 13.5. The second-order valence-electron chi connectivity index (χ2n) is 3.95. The van der Waals surface area contributed by atoms with Crippen molar-refractivity contribution in [2.75, 3.05) is 0 Å². The van der Waals surface area contributed by atoms with Crippen LogP contribution in [0.4, 0.5) is 0 Å². The normalized spacial score (nSPS) is 10.6. The van der Waals surface area contributed by atoms with Gasteiger partial charge in [-0.15, -0.1) is 0 Å². The zero-order valence-electron chi connectivity index (χ0n) is 10.1. The van der Waals surface area contributed by atoms with Gasteiger partial charge in [-0.3, -0.25) is 4.68 Å². The molecular weight excluding hydrogens is 296 g/mol. The lowest BCUT2D eigenvalue weighted by molar-refractivity contribution is 0.276. The smallest absolute Gasteiger partial charge is 0.165 e. The van der Waals surface area contributed by atoms with Crippen molar-refractivity contribution in [1.82, 2.24) is 9.78 Å². The van der Waals surface area contributed by atoms with Gasteiger partial charge in [-0.2, -0.15) is 5.10 Å². The van der Waals surface area contributed by atoms with Gasteiger partial charge < -0.3 is 9.84 Å². The number of aliphatic hydroxyl groups is 1. The molecule has 0 spiro atoms. The maximum atomic E-state index is 9.26. The fraction of sp³-hybridized carbons (Fsp3) is 0.308. The summed E-state index contributed by atoms with van der Waals surface area (Å²) in [6, 6.07) is 5.54. The molecule has 0 amide bonds. The first kappa shape index (κ1) is 13.1. The van der Waals surface area contributed by atoms with Crippen LogP contribution >= 0.6 is 15.9 Å². The number of aliphatic hydroxyl groups excluding tert-OH is 1. The zero-order chi connectivity index (χ0) is 13.0. The molecule has 0 aliphatic heterocycles. The third-order valence-electron chi connectivity index (χ3n) is 2.49. The highest BCUT2D eigenvalue weighted by molar-refractivity contribution is 9.10. The highest BCUT2D eigenvalue weighted by Crippen LogP contribution is 2.28. The zero-order valence-corrected chi connectivity index (χ0v) is 11.7. The molecule has 1 heterocycles. The number of benzene rings is 1. The maximum absolute atomic E-state index is 9.26. The Morgan fingerprint density at radius 3 is 3.00 bits per heavy atom. The summed E-state index contributed by atoms with van der Waals surface area (Å²) >= 11 is 3.39. The monoisotopic (exact) mass is 310 g/mol. The summed E-state index contributed by atoms with van der Waals surface area (Å²) in [5.41, 5.74) is 0.751. The van der Waals surface area contributed by atoms with Crippen molar-refractivity contribution in [1.29, 1.82) is 0 Å². The summed E-state index contributed by atoms with van der Waals surface area (Å²) in [7, 11) is 0. The molecule has 4 nitrogen and oxygen atoms in total. The Morgan fingerprint density at radius 2 is 2.28 bits per heavy atom. The number of ether oxygens (including phenoxy) is 1. The second-order valence-corrected chi connectivity index (χ2v) is 4.87. The number of nitrogens with zero attached hydrogens (tertiary/aromatic N) is 2. The van der Waals surface area contributed by atoms with Crippen LogP contribution in [0.2, 0.25) is 0 Å². The molecule has 18 heavy (non-hydrogen) atoms. The van der Waals surface area contributed by atoms with Crippen LogP contribution < -0.4 is 4.74 Å². The van der Waals surface area contributed by atoms with Crippen LogP contribution in [0.3, 0.4) is 0 Å². The van der Waals surface area contributed by atoms with E-state index in [0.717, 1.165) is 23.0 Å². The van der Waals surface area contributed by atoms with Crippen LogP contribution in [0.25, 0.3) is 0 Å². The van der Waals surface area contributed by atoms with Crippen molar-refractivity contribution in [2.24, 2.45) is 0 Å². The second kappa shape index (κ2) is 6.02. The number of hydrogen-bond donors (Lipinski definition) is 1. The first-order valence-corrected chi connectivity index (χ1v) is 6.62.